The summed E-state index contributed by atoms with van der Waals surface area (Å²) in [4.78, 5) is 14.9. The SMILES string of the molecule is COc1cc2c(c(OC)c1OC)C(=O)O[C@]21[C@H](O)[C@@H](O)C=C2CCN(C)[C@H]21. The van der Waals surface area contributed by atoms with Crippen molar-refractivity contribution >= 4 is 5.97 Å². The van der Waals surface area contributed by atoms with Crippen molar-refractivity contribution in [2.75, 3.05) is 34.9 Å². The molecule has 1 fully saturated rings. The zero-order valence-corrected chi connectivity index (χ0v) is 15.7. The molecule has 27 heavy (non-hydrogen) atoms. The van der Waals surface area contributed by atoms with Gasteiger partial charge in [-0.15, -0.1) is 0 Å². The highest BCUT2D eigenvalue weighted by molar-refractivity contribution is 6.00. The molecule has 8 heteroatoms. The van der Waals surface area contributed by atoms with Gasteiger partial charge < -0.3 is 29.2 Å². The van der Waals surface area contributed by atoms with E-state index in [4.69, 9.17) is 18.9 Å². The second-order valence-electron chi connectivity index (χ2n) is 7.06. The molecule has 8 nitrogen and oxygen atoms in total. The molecule has 1 aliphatic carbocycles. The lowest BCUT2D eigenvalue weighted by molar-refractivity contribution is -0.148. The van der Waals surface area contributed by atoms with Gasteiger partial charge in [-0.3, -0.25) is 4.90 Å². The number of aliphatic hydroxyl groups excluding tert-OH is 2. The van der Waals surface area contributed by atoms with Gasteiger partial charge in [-0.1, -0.05) is 6.08 Å². The monoisotopic (exact) mass is 377 g/mol. The lowest BCUT2D eigenvalue weighted by Gasteiger charge is -2.45. The Hall–Kier alpha value is -2.29. The third-order valence-corrected chi connectivity index (χ3v) is 5.82. The number of hydrogen-bond acceptors (Lipinski definition) is 8. The van der Waals surface area contributed by atoms with Crippen molar-refractivity contribution in [3.63, 3.8) is 0 Å². The molecule has 0 radical (unpaired) electrons. The lowest BCUT2D eigenvalue weighted by Crippen LogP contribution is -2.60. The molecule has 0 amide bonds. The Morgan fingerprint density at radius 3 is 2.52 bits per heavy atom. The molecule has 1 aromatic carbocycles. The highest BCUT2D eigenvalue weighted by Crippen LogP contribution is 2.56. The average molecular weight is 377 g/mol. The smallest absolute Gasteiger partial charge is 0.343 e. The van der Waals surface area contributed by atoms with E-state index >= 15 is 0 Å². The molecule has 0 unspecified atom stereocenters. The number of esters is 1. The Labute approximate surface area is 156 Å². The molecular formula is C19H23NO7. The van der Waals surface area contributed by atoms with Gasteiger partial charge in [-0.25, -0.2) is 4.79 Å². The number of ether oxygens (including phenoxy) is 4. The van der Waals surface area contributed by atoms with Crippen molar-refractivity contribution in [1.29, 1.82) is 0 Å². The first-order chi connectivity index (χ1) is 12.9. The number of fused-ring (bicyclic) bond motifs is 4. The van der Waals surface area contributed by atoms with Gasteiger partial charge in [0.2, 0.25) is 5.75 Å². The number of hydrogen-bond donors (Lipinski definition) is 2. The van der Waals surface area contributed by atoms with Crippen molar-refractivity contribution in [1.82, 2.24) is 4.90 Å². The summed E-state index contributed by atoms with van der Waals surface area (Å²) in [5, 5.41) is 21.5. The first-order valence-corrected chi connectivity index (χ1v) is 8.74. The number of carbonyl (C=O) groups is 1. The maximum absolute atomic E-state index is 12.9. The van der Waals surface area contributed by atoms with Crippen LogP contribution in [0.5, 0.6) is 17.2 Å². The molecule has 4 rings (SSSR count). The third kappa shape index (κ3) is 2.17. The van der Waals surface area contributed by atoms with Gasteiger partial charge in [-0.2, -0.15) is 0 Å². The minimum atomic E-state index is -1.45. The van der Waals surface area contributed by atoms with Crippen molar-refractivity contribution in [2.24, 2.45) is 0 Å². The molecule has 2 heterocycles. The van der Waals surface area contributed by atoms with E-state index in [0.29, 0.717) is 11.3 Å². The normalized spacial score (nSPS) is 32.0. The number of likely N-dealkylation sites (tertiary alicyclic amines) is 1. The summed E-state index contributed by atoms with van der Waals surface area (Å²) in [6.45, 7) is 0.731. The predicted molar refractivity (Wildman–Crippen MR) is 94.3 cm³/mol. The van der Waals surface area contributed by atoms with Crippen molar-refractivity contribution in [2.45, 2.75) is 30.3 Å². The van der Waals surface area contributed by atoms with Gasteiger partial charge in [0.25, 0.3) is 0 Å². The molecule has 1 spiro atoms. The topological polar surface area (TPSA) is 97.7 Å². The van der Waals surface area contributed by atoms with Gasteiger partial charge >= 0.3 is 5.97 Å². The summed E-state index contributed by atoms with van der Waals surface area (Å²) in [6, 6.07) is 1.25. The Balaban J connectivity index is 2.04. The van der Waals surface area contributed by atoms with Crippen LogP contribution in [0.25, 0.3) is 0 Å². The molecule has 0 aromatic heterocycles. The lowest BCUT2D eigenvalue weighted by atomic mass is 9.72. The van der Waals surface area contributed by atoms with E-state index in [1.807, 2.05) is 11.9 Å². The van der Waals surface area contributed by atoms with Crippen LogP contribution >= 0.6 is 0 Å². The maximum atomic E-state index is 12.9. The zero-order valence-electron chi connectivity index (χ0n) is 15.7. The number of likely N-dealkylation sites (N-methyl/N-ethyl adjacent to an activating group) is 1. The van der Waals surface area contributed by atoms with E-state index in [1.54, 1.807) is 12.1 Å². The molecule has 1 saturated heterocycles. The number of nitrogens with zero attached hydrogens (tertiary/aromatic N) is 1. The van der Waals surface area contributed by atoms with Gasteiger partial charge in [0.1, 0.15) is 17.8 Å². The van der Waals surface area contributed by atoms with E-state index in [0.717, 1.165) is 18.5 Å². The van der Waals surface area contributed by atoms with Gasteiger partial charge in [0.15, 0.2) is 17.1 Å². The van der Waals surface area contributed by atoms with Crippen LogP contribution in [0.1, 0.15) is 22.3 Å². The largest absolute Gasteiger partial charge is 0.493 e. The number of rotatable bonds is 3. The molecule has 0 bridgehead atoms. The summed E-state index contributed by atoms with van der Waals surface area (Å²) < 4.78 is 22.1. The van der Waals surface area contributed by atoms with E-state index in [1.165, 1.54) is 21.3 Å². The Bertz CT molecular complexity index is 836. The minimum Gasteiger partial charge on any atom is -0.493 e. The molecule has 4 atom stereocenters. The zero-order chi connectivity index (χ0) is 19.5. The van der Waals surface area contributed by atoms with E-state index in [2.05, 4.69) is 0 Å². The van der Waals surface area contributed by atoms with Crippen LogP contribution in [0.3, 0.4) is 0 Å². The van der Waals surface area contributed by atoms with Crippen LogP contribution < -0.4 is 14.2 Å². The van der Waals surface area contributed by atoms with Crippen LogP contribution in [0.2, 0.25) is 0 Å². The Kier molecular flexibility index (Phi) is 4.10. The van der Waals surface area contributed by atoms with E-state index < -0.39 is 23.8 Å². The Morgan fingerprint density at radius 1 is 1.19 bits per heavy atom. The third-order valence-electron chi connectivity index (χ3n) is 5.82. The molecule has 0 saturated carbocycles. The summed E-state index contributed by atoms with van der Waals surface area (Å²) in [5.74, 6) is 0.182. The maximum Gasteiger partial charge on any atom is 0.343 e. The fourth-order valence-electron chi connectivity index (χ4n) is 4.71. The van der Waals surface area contributed by atoms with Gasteiger partial charge in [0.05, 0.1) is 27.4 Å². The second-order valence-corrected chi connectivity index (χ2v) is 7.06. The van der Waals surface area contributed by atoms with Crippen LogP contribution in [-0.4, -0.2) is 74.3 Å². The summed E-state index contributed by atoms with van der Waals surface area (Å²) >= 11 is 0. The summed E-state index contributed by atoms with van der Waals surface area (Å²) in [6.07, 6.45) is -0.0989. The molecular weight excluding hydrogens is 354 g/mol. The Morgan fingerprint density at radius 2 is 1.89 bits per heavy atom. The first kappa shape index (κ1) is 18.1. The van der Waals surface area contributed by atoms with Crippen LogP contribution in [0, 0.1) is 0 Å². The van der Waals surface area contributed by atoms with Crippen molar-refractivity contribution in [3.05, 3.63) is 28.8 Å². The highest BCUT2D eigenvalue weighted by Gasteiger charge is 2.64. The predicted octanol–water partition coefficient (Wildman–Crippen LogP) is 0.444. The standard InChI is InChI=1S/C19H23NO7/c1-20-6-5-9-7-11(21)17(22)19(16(9)20)10-8-12(24-2)14(25-3)15(26-4)13(10)18(23)27-19/h7-8,11,16-17,21-22H,5-6H2,1-4H3/t11-,16+,17+,19+/m0/s1. The van der Waals surface area contributed by atoms with Gasteiger partial charge in [-0.05, 0) is 25.1 Å². The van der Waals surface area contributed by atoms with Gasteiger partial charge in [0, 0.05) is 12.1 Å². The number of methoxy groups -OCH3 is 3. The second kappa shape index (κ2) is 6.12. The average Bonchev–Trinajstić information content (AvgIpc) is 3.16. The van der Waals surface area contributed by atoms with Crippen molar-refractivity contribution < 1.29 is 34.0 Å². The fourth-order valence-corrected chi connectivity index (χ4v) is 4.71. The molecule has 2 aliphatic heterocycles. The number of benzene rings is 1. The minimum absolute atomic E-state index is 0.183. The molecule has 1 aromatic rings. The van der Waals surface area contributed by atoms with Crippen LogP contribution in [-0.2, 0) is 10.3 Å². The number of carbonyl (C=O) groups excluding carboxylic acids is 1. The number of aliphatic hydroxyl groups is 2. The highest BCUT2D eigenvalue weighted by atomic mass is 16.6. The fraction of sp³-hybridized carbons (Fsp3) is 0.526. The van der Waals surface area contributed by atoms with Crippen LogP contribution in [0.4, 0.5) is 0 Å². The summed E-state index contributed by atoms with van der Waals surface area (Å²) in [5.41, 5.74) is 0.0964. The summed E-state index contributed by atoms with van der Waals surface area (Å²) in [7, 11) is 6.26. The first-order valence-electron chi connectivity index (χ1n) is 8.74. The quantitative estimate of drug-likeness (QED) is 0.579. The van der Waals surface area contributed by atoms with Crippen LogP contribution in [0.15, 0.2) is 17.7 Å². The van der Waals surface area contributed by atoms with E-state index in [9.17, 15) is 15.0 Å². The molecule has 2 N–H and O–H groups in total. The molecule has 146 valence electrons. The molecule has 3 aliphatic rings. The van der Waals surface area contributed by atoms with Crippen molar-refractivity contribution in [3.8, 4) is 17.2 Å². The van der Waals surface area contributed by atoms with E-state index in [-0.39, 0.29) is 23.1 Å².